The van der Waals surface area contributed by atoms with Crippen molar-refractivity contribution < 1.29 is 39.7 Å². The topological polar surface area (TPSA) is 165 Å². The molecular weight excluding hydrogens is 498 g/mol. The lowest BCUT2D eigenvalue weighted by molar-refractivity contribution is -0.281. The van der Waals surface area contributed by atoms with Crippen molar-refractivity contribution in [1.29, 1.82) is 0 Å². The van der Waals surface area contributed by atoms with E-state index in [0.717, 1.165) is 0 Å². The number of hydrogen-bond acceptors (Lipinski definition) is 10. The highest BCUT2D eigenvalue weighted by atomic mass is 32.1. The summed E-state index contributed by atoms with van der Waals surface area (Å²) in [6.07, 6.45) is -2.36. The lowest BCUT2D eigenvalue weighted by Gasteiger charge is -2.40. The van der Waals surface area contributed by atoms with Crippen molar-refractivity contribution in [3.63, 3.8) is 0 Å². The molecule has 3 fully saturated rings. The largest absolute Gasteiger partial charge is 0.506 e. The van der Waals surface area contributed by atoms with Crippen LogP contribution in [-0.4, -0.2) is 63.0 Å². The third-order valence-corrected chi connectivity index (χ3v) is 7.99. The number of rotatable bonds is 8. The van der Waals surface area contributed by atoms with Gasteiger partial charge in [-0.25, -0.2) is 0 Å². The maximum atomic E-state index is 11.8. The number of hydrogen-bond donors (Lipinski definition) is 7. The van der Waals surface area contributed by atoms with Crippen LogP contribution in [-0.2, 0) is 31.8 Å². The maximum absolute atomic E-state index is 11.8. The lowest BCUT2D eigenvalue weighted by Crippen LogP contribution is -2.48. The molecule has 7 N–H and O–H groups in total. The Balaban J connectivity index is 1.75. The number of aromatic hydroxyl groups is 1. The molecule has 9 nitrogen and oxygen atoms in total. The molecule has 3 heterocycles. The number of thiol groups is 1. The molecule has 194 valence electrons. The van der Waals surface area contributed by atoms with Gasteiger partial charge in [-0.15, -0.1) is 12.6 Å². The minimum Gasteiger partial charge on any atom is -0.506 e. The molecule has 37 heavy (non-hydrogen) atoms. The predicted octanol–water partition coefficient (Wildman–Crippen LogP) is 1.11. The fourth-order valence-electron chi connectivity index (χ4n) is 5.42. The van der Waals surface area contributed by atoms with E-state index < -0.39 is 34.9 Å². The summed E-state index contributed by atoms with van der Waals surface area (Å²) < 4.78 is 16.0. The number of ether oxygens (including phenoxy) is 3. The van der Waals surface area contributed by atoms with E-state index in [2.05, 4.69) is 12.6 Å². The number of aliphatic hydroxyl groups is 4. The second-order valence-corrected chi connectivity index (χ2v) is 10.1. The van der Waals surface area contributed by atoms with Crippen LogP contribution in [0.3, 0.4) is 0 Å². The van der Waals surface area contributed by atoms with Gasteiger partial charge in [-0.3, -0.25) is 0 Å². The summed E-state index contributed by atoms with van der Waals surface area (Å²) in [5.41, 5.74) is 6.45. The third-order valence-electron chi connectivity index (χ3n) is 7.51. The fourth-order valence-corrected chi connectivity index (χ4v) is 5.74. The highest BCUT2D eigenvalue weighted by Crippen LogP contribution is 2.59. The normalized spacial score (nSPS) is 26.7. The molecule has 0 aliphatic carbocycles. The van der Waals surface area contributed by atoms with Crippen molar-refractivity contribution in [3.8, 4) is 5.75 Å². The molecule has 3 aliphatic heterocycles. The first-order valence-electron chi connectivity index (χ1n) is 11.9. The Morgan fingerprint density at radius 3 is 1.89 bits per heavy atom. The van der Waals surface area contributed by atoms with Crippen molar-refractivity contribution in [2.75, 3.05) is 18.9 Å². The summed E-state index contributed by atoms with van der Waals surface area (Å²) in [6, 6.07) is 18.3. The van der Waals surface area contributed by atoms with E-state index in [9.17, 15) is 25.5 Å². The first kappa shape index (κ1) is 24.7. The summed E-state index contributed by atoms with van der Waals surface area (Å²) in [4.78, 5) is 0.142. The van der Waals surface area contributed by atoms with Crippen molar-refractivity contribution in [1.82, 2.24) is 0 Å². The maximum Gasteiger partial charge on any atom is 0.281 e. The highest BCUT2D eigenvalue weighted by molar-refractivity contribution is 7.80. The van der Waals surface area contributed by atoms with Gasteiger partial charge in [0.25, 0.3) is 11.6 Å². The fraction of sp³-hybridized carbons (Fsp3) is 0.333. The standard InChI is InChI=1S/C27H27NO8S/c28-21-17(11-16-12-34-16)23(37)22(29)20(19(21)26(31,32)27(33)24(30)36-27)25(18-13-35-18,14-7-3-1-4-8-14)15-9-5-2-6-10-15/h1-10,16,18,24,29-33,37H,11-13,28H2. The molecule has 0 spiro atoms. The first-order chi connectivity index (χ1) is 17.6. The SMILES string of the molecule is Nc1c(CC2CO2)c(S)c(O)c(C(c2ccccc2)(c2ccccc2)C2CO2)c1C(O)(O)C1(O)OC1O. The zero-order chi connectivity index (χ0) is 26.2. The van der Waals surface area contributed by atoms with Gasteiger partial charge in [0.05, 0.1) is 35.7 Å². The molecule has 4 unspecified atom stereocenters. The van der Waals surface area contributed by atoms with Crippen molar-refractivity contribution in [2.24, 2.45) is 0 Å². The van der Waals surface area contributed by atoms with Crippen molar-refractivity contribution >= 4 is 18.3 Å². The molecule has 0 bridgehead atoms. The molecule has 0 radical (unpaired) electrons. The van der Waals surface area contributed by atoms with Crippen LogP contribution in [0, 0.1) is 0 Å². The molecule has 0 amide bonds. The Morgan fingerprint density at radius 2 is 1.46 bits per heavy atom. The van der Waals surface area contributed by atoms with Crippen LogP contribution in [0.4, 0.5) is 5.69 Å². The van der Waals surface area contributed by atoms with Gasteiger partial charge >= 0.3 is 0 Å². The van der Waals surface area contributed by atoms with Gasteiger partial charge < -0.3 is 45.5 Å². The van der Waals surface area contributed by atoms with Crippen molar-refractivity contribution in [3.05, 3.63) is 88.5 Å². The van der Waals surface area contributed by atoms with E-state index in [1.165, 1.54) is 0 Å². The number of phenols is 1. The van der Waals surface area contributed by atoms with Crippen LogP contribution in [0.15, 0.2) is 65.6 Å². The number of aliphatic hydroxyl groups excluding tert-OH is 1. The number of phenolic OH excluding ortho intramolecular Hbond substituents is 1. The minimum absolute atomic E-state index is 0.0171. The average molecular weight is 526 g/mol. The second kappa shape index (κ2) is 8.42. The van der Waals surface area contributed by atoms with E-state index in [1.807, 2.05) is 60.7 Å². The van der Waals surface area contributed by atoms with E-state index in [1.54, 1.807) is 0 Å². The molecule has 0 saturated carbocycles. The van der Waals surface area contributed by atoms with Crippen LogP contribution in [0.1, 0.15) is 27.8 Å². The summed E-state index contributed by atoms with van der Waals surface area (Å²) in [6.45, 7) is 0.781. The van der Waals surface area contributed by atoms with Gasteiger partial charge in [-0.05, 0) is 16.7 Å². The number of nitrogens with two attached hydrogens (primary N) is 1. The Kier molecular flexibility index (Phi) is 5.61. The molecule has 10 heteroatoms. The van der Waals surface area contributed by atoms with Crippen LogP contribution >= 0.6 is 12.6 Å². The Morgan fingerprint density at radius 1 is 0.946 bits per heavy atom. The Bertz CT molecular complexity index is 1300. The summed E-state index contributed by atoms with van der Waals surface area (Å²) >= 11 is 4.61. The lowest BCUT2D eigenvalue weighted by atomic mass is 9.64. The molecule has 3 aliphatic rings. The van der Waals surface area contributed by atoms with Gasteiger partial charge in [0.1, 0.15) is 5.75 Å². The van der Waals surface area contributed by atoms with Crippen molar-refractivity contribution in [2.45, 2.75) is 46.8 Å². The Labute approximate surface area is 218 Å². The van der Waals surface area contributed by atoms with E-state index in [0.29, 0.717) is 29.9 Å². The van der Waals surface area contributed by atoms with Gasteiger partial charge in [0.2, 0.25) is 6.29 Å². The zero-order valence-electron chi connectivity index (χ0n) is 19.6. The Hall–Kier alpha value is -2.67. The third kappa shape index (κ3) is 3.60. The predicted molar refractivity (Wildman–Crippen MR) is 134 cm³/mol. The monoisotopic (exact) mass is 525 g/mol. The molecule has 3 saturated heterocycles. The highest BCUT2D eigenvalue weighted by Gasteiger charge is 2.72. The molecule has 0 aromatic heterocycles. The first-order valence-corrected chi connectivity index (χ1v) is 12.3. The van der Waals surface area contributed by atoms with Gasteiger partial charge in [0.15, 0.2) is 0 Å². The number of epoxide rings is 3. The second-order valence-electron chi connectivity index (χ2n) is 9.70. The van der Waals surface area contributed by atoms with Crippen LogP contribution in [0.2, 0.25) is 0 Å². The molecule has 3 aromatic rings. The summed E-state index contributed by atoms with van der Waals surface area (Å²) in [5, 5.41) is 55.7. The summed E-state index contributed by atoms with van der Waals surface area (Å²) in [7, 11) is 0. The minimum atomic E-state index is -3.23. The molecule has 6 rings (SSSR count). The quantitative estimate of drug-likeness (QED) is 0.0570. The number of nitrogen functional groups attached to an aromatic ring is 1. The van der Waals surface area contributed by atoms with Gasteiger partial charge in [-0.2, -0.15) is 0 Å². The number of anilines is 1. The average Bonchev–Trinajstić information content (AvgIpc) is 3.76. The summed E-state index contributed by atoms with van der Waals surface area (Å²) in [5.74, 6) is -6.37. The van der Waals surface area contributed by atoms with Crippen LogP contribution in [0.5, 0.6) is 5.75 Å². The van der Waals surface area contributed by atoms with Gasteiger partial charge in [-0.1, -0.05) is 60.7 Å². The molecular formula is C27H27NO8S. The smallest absolute Gasteiger partial charge is 0.281 e. The number of benzene rings is 3. The molecule has 4 atom stereocenters. The zero-order valence-corrected chi connectivity index (χ0v) is 20.5. The van der Waals surface area contributed by atoms with Crippen LogP contribution < -0.4 is 5.73 Å². The van der Waals surface area contributed by atoms with Gasteiger partial charge in [0, 0.05) is 23.2 Å². The van der Waals surface area contributed by atoms with Crippen LogP contribution in [0.25, 0.3) is 0 Å². The van der Waals surface area contributed by atoms with E-state index >= 15 is 0 Å². The molecule has 3 aromatic carbocycles. The van der Waals surface area contributed by atoms with E-state index in [-0.39, 0.29) is 34.4 Å². The van der Waals surface area contributed by atoms with E-state index in [4.69, 9.17) is 19.9 Å².